The molecule has 1 aliphatic heterocycles. The Morgan fingerprint density at radius 2 is 1.90 bits per heavy atom. The van der Waals surface area contributed by atoms with Gasteiger partial charge >= 0.3 is 0 Å². The van der Waals surface area contributed by atoms with Gasteiger partial charge in [-0.05, 0) is 74.4 Å². The maximum Gasteiger partial charge on any atom is 0.264 e. The molecule has 0 unspecified atom stereocenters. The van der Waals surface area contributed by atoms with Crippen LogP contribution in [0.4, 0.5) is 0 Å². The molecule has 5 heteroatoms. The molecule has 0 bridgehead atoms. The molecule has 152 valence electrons. The number of nitriles is 1. The Labute approximate surface area is 172 Å². The number of benzene rings is 1. The van der Waals surface area contributed by atoms with Gasteiger partial charge in [-0.3, -0.25) is 4.79 Å². The van der Waals surface area contributed by atoms with Crippen LogP contribution in [-0.2, 0) is 11.3 Å². The third-order valence-electron chi connectivity index (χ3n) is 5.86. The van der Waals surface area contributed by atoms with Crippen LogP contribution in [0.5, 0.6) is 5.75 Å². The number of aryl methyl sites for hydroxylation is 1. The quantitative estimate of drug-likeness (QED) is 0.601. The zero-order valence-electron chi connectivity index (χ0n) is 17.5. The highest BCUT2D eigenvalue weighted by atomic mass is 16.3. The summed E-state index contributed by atoms with van der Waals surface area (Å²) in [6.07, 6.45) is 4.50. The normalized spacial score (nSPS) is 15.4. The smallest absolute Gasteiger partial charge is 0.264 e. The second kappa shape index (κ2) is 9.00. The molecular formula is C24H29N3O2. The first kappa shape index (κ1) is 20.7. The van der Waals surface area contributed by atoms with E-state index in [-0.39, 0.29) is 17.2 Å². The third-order valence-corrected chi connectivity index (χ3v) is 5.86. The number of hydrogen-bond donors (Lipinski definition) is 1. The summed E-state index contributed by atoms with van der Waals surface area (Å²) < 4.78 is 2.23. The molecule has 29 heavy (non-hydrogen) atoms. The van der Waals surface area contributed by atoms with Gasteiger partial charge in [0.15, 0.2) is 0 Å². The van der Waals surface area contributed by atoms with Crippen LogP contribution in [0.15, 0.2) is 35.9 Å². The monoisotopic (exact) mass is 391 g/mol. The third kappa shape index (κ3) is 4.54. The largest absolute Gasteiger partial charge is 0.508 e. The number of phenols is 1. The van der Waals surface area contributed by atoms with Crippen molar-refractivity contribution in [2.24, 2.45) is 0 Å². The molecule has 1 aliphatic rings. The van der Waals surface area contributed by atoms with Crippen molar-refractivity contribution in [2.75, 3.05) is 13.1 Å². The molecule has 0 atom stereocenters. The first-order chi connectivity index (χ1) is 13.9. The molecule has 1 N–H and O–H groups in total. The minimum absolute atomic E-state index is 0.183. The Morgan fingerprint density at radius 1 is 1.24 bits per heavy atom. The van der Waals surface area contributed by atoms with E-state index in [4.69, 9.17) is 0 Å². The molecule has 5 nitrogen and oxygen atoms in total. The van der Waals surface area contributed by atoms with Crippen molar-refractivity contribution >= 4 is 12.0 Å². The van der Waals surface area contributed by atoms with Crippen LogP contribution >= 0.6 is 0 Å². The van der Waals surface area contributed by atoms with Gasteiger partial charge in [-0.25, -0.2) is 0 Å². The Bertz CT molecular complexity index is 940. The molecule has 1 aromatic heterocycles. The number of nitrogens with zero attached hydrogens (tertiary/aromatic N) is 3. The van der Waals surface area contributed by atoms with Crippen molar-refractivity contribution in [1.82, 2.24) is 9.47 Å². The molecule has 0 spiro atoms. The van der Waals surface area contributed by atoms with Crippen LogP contribution in [0.2, 0.25) is 0 Å². The van der Waals surface area contributed by atoms with Gasteiger partial charge in [-0.1, -0.05) is 19.1 Å². The zero-order chi connectivity index (χ0) is 21.0. The minimum Gasteiger partial charge on any atom is -0.508 e. The number of likely N-dealkylation sites (tertiary alicyclic amines) is 1. The lowest BCUT2D eigenvalue weighted by Gasteiger charge is -2.32. The van der Waals surface area contributed by atoms with E-state index in [1.807, 2.05) is 25.1 Å². The fraction of sp³-hybridized carbons (Fsp3) is 0.417. The lowest BCUT2D eigenvalue weighted by atomic mass is 9.89. The Balaban J connectivity index is 1.71. The molecule has 1 amide bonds. The highest BCUT2D eigenvalue weighted by molar-refractivity contribution is 6.01. The number of carbonyl (C=O) groups excluding carboxylic acids is 1. The fourth-order valence-corrected chi connectivity index (χ4v) is 4.17. The Hall–Kier alpha value is -3.00. The number of aromatic nitrogens is 1. The van der Waals surface area contributed by atoms with E-state index in [0.717, 1.165) is 42.8 Å². The minimum atomic E-state index is -0.183. The van der Waals surface area contributed by atoms with E-state index in [2.05, 4.69) is 24.5 Å². The van der Waals surface area contributed by atoms with Crippen molar-refractivity contribution in [2.45, 2.75) is 52.5 Å². The van der Waals surface area contributed by atoms with Gasteiger partial charge in [0.25, 0.3) is 5.91 Å². The van der Waals surface area contributed by atoms with E-state index < -0.39 is 0 Å². The maximum absolute atomic E-state index is 12.9. The number of aromatic hydroxyl groups is 1. The van der Waals surface area contributed by atoms with Crippen LogP contribution in [0.25, 0.3) is 6.08 Å². The molecule has 2 heterocycles. The fourth-order valence-electron chi connectivity index (χ4n) is 4.17. The van der Waals surface area contributed by atoms with Gasteiger partial charge in [0, 0.05) is 31.0 Å². The molecule has 2 aromatic rings. The molecule has 1 saturated heterocycles. The van der Waals surface area contributed by atoms with Crippen LogP contribution in [-0.4, -0.2) is 33.6 Å². The highest BCUT2D eigenvalue weighted by Crippen LogP contribution is 2.30. The summed E-state index contributed by atoms with van der Waals surface area (Å²) in [4.78, 5) is 14.7. The van der Waals surface area contributed by atoms with Gasteiger partial charge in [0.2, 0.25) is 0 Å². The number of piperidine rings is 1. The van der Waals surface area contributed by atoms with Crippen molar-refractivity contribution in [3.8, 4) is 11.8 Å². The highest BCUT2D eigenvalue weighted by Gasteiger charge is 2.26. The van der Waals surface area contributed by atoms with Gasteiger partial charge in [-0.15, -0.1) is 0 Å². The average molecular weight is 392 g/mol. The summed E-state index contributed by atoms with van der Waals surface area (Å²) in [5, 5.41) is 19.1. The second-order valence-corrected chi connectivity index (χ2v) is 7.81. The summed E-state index contributed by atoms with van der Waals surface area (Å²) in [7, 11) is 0. The predicted molar refractivity (Wildman–Crippen MR) is 114 cm³/mol. The van der Waals surface area contributed by atoms with E-state index in [1.165, 1.54) is 5.56 Å². The van der Waals surface area contributed by atoms with Gasteiger partial charge in [0.05, 0.1) is 0 Å². The van der Waals surface area contributed by atoms with Gasteiger partial charge in [0.1, 0.15) is 17.4 Å². The molecule has 0 aliphatic carbocycles. The van der Waals surface area contributed by atoms with Crippen LogP contribution in [0.1, 0.15) is 54.6 Å². The number of carbonyl (C=O) groups is 1. The summed E-state index contributed by atoms with van der Waals surface area (Å²) >= 11 is 0. The zero-order valence-corrected chi connectivity index (χ0v) is 17.5. The first-order valence-electron chi connectivity index (χ1n) is 10.3. The molecule has 1 fully saturated rings. The summed E-state index contributed by atoms with van der Waals surface area (Å²) in [6.45, 7) is 8.45. The van der Waals surface area contributed by atoms with E-state index in [1.54, 1.807) is 23.1 Å². The maximum atomic E-state index is 12.9. The average Bonchev–Trinajstić information content (AvgIpc) is 3.00. The summed E-state index contributed by atoms with van der Waals surface area (Å²) in [5.41, 5.74) is 4.57. The van der Waals surface area contributed by atoms with Crippen molar-refractivity contribution in [1.29, 1.82) is 5.26 Å². The molecule has 0 saturated carbocycles. The lowest BCUT2D eigenvalue weighted by Crippen LogP contribution is -2.38. The number of amides is 1. The topological polar surface area (TPSA) is 69.3 Å². The van der Waals surface area contributed by atoms with Gasteiger partial charge in [-0.2, -0.15) is 5.26 Å². The van der Waals surface area contributed by atoms with Gasteiger partial charge < -0.3 is 14.6 Å². The van der Waals surface area contributed by atoms with E-state index in [9.17, 15) is 15.2 Å². The molecule has 0 radical (unpaired) electrons. The molecular weight excluding hydrogens is 362 g/mol. The van der Waals surface area contributed by atoms with Crippen molar-refractivity contribution < 1.29 is 9.90 Å². The van der Waals surface area contributed by atoms with Crippen molar-refractivity contribution in [3.05, 3.63) is 58.4 Å². The summed E-state index contributed by atoms with van der Waals surface area (Å²) in [5.74, 6) is 0.461. The number of hydrogen-bond acceptors (Lipinski definition) is 3. The Kier molecular flexibility index (Phi) is 6.43. The predicted octanol–water partition coefficient (Wildman–Crippen LogP) is 4.53. The Morgan fingerprint density at radius 3 is 2.48 bits per heavy atom. The van der Waals surface area contributed by atoms with Crippen LogP contribution < -0.4 is 0 Å². The SMILES string of the molecule is CCCn1c(C)cc(/C=C(/C#N)C(=O)N2CCC(c3ccc(O)cc3)CC2)c1C. The van der Waals surface area contributed by atoms with Crippen molar-refractivity contribution in [3.63, 3.8) is 0 Å². The van der Waals surface area contributed by atoms with Crippen LogP contribution in [0, 0.1) is 25.2 Å². The van der Waals surface area contributed by atoms with E-state index >= 15 is 0 Å². The molecule has 1 aromatic carbocycles. The number of rotatable bonds is 5. The number of phenolic OH excluding ortho intramolecular Hbond substituents is 1. The standard InChI is InChI=1S/C24H29N3O2/c1-4-11-27-17(2)14-21(18(27)3)15-22(16-25)24(29)26-12-9-20(10-13-26)19-5-7-23(28)8-6-19/h5-8,14-15,20,28H,4,9-13H2,1-3H3/b22-15-. The molecule has 3 rings (SSSR count). The first-order valence-corrected chi connectivity index (χ1v) is 10.3. The lowest BCUT2D eigenvalue weighted by molar-refractivity contribution is -0.127. The van der Waals surface area contributed by atoms with Crippen LogP contribution in [0.3, 0.4) is 0 Å². The van der Waals surface area contributed by atoms with E-state index in [0.29, 0.717) is 19.0 Å². The second-order valence-electron chi connectivity index (χ2n) is 7.81. The summed E-state index contributed by atoms with van der Waals surface area (Å²) in [6, 6.07) is 11.5.